The van der Waals surface area contributed by atoms with Crippen LogP contribution in [0.25, 0.3) is 28.6 Å². The summed E-state index contributed by atoms with van der Waals surface area (Å²) in [6.07, 6.45) is 0.521. The number of imidazole rings is 1. The summed E-state index contributed by atoms with van der Waals surface area (Å²) < 4.78 is 42.0. The van der Waals surface area contributed by atoms with E-state index in [0.29, 0.717) is 11.5 Å². The molecule has 1 atom stereocenters. The molecule has 1 aromatic carbocycles. The van der Waals surface area contributed by atoms with Crippen LogP contribution >= 0.6 is 11.3 Å². The fourth-order valence-electron chi connectivity index (χ4n) is 4.11. The van der Waals surface area contributed by atoms with E-state index in [1.54, 1.807) is 11.3 Å². The molecule has 1 unspecified atom stereocenters. The molecular weight excluding hydrogens is 419 g/mol. The molecule has 3 aromatic heterocycles. The fourth-order valence-corrected chi connectivity index (χ4v) is 5.09. The highest BCUT2D eigenvalue weighted by Crippen LogP contribution is 2.42. The maximum Gasteiger partial charge on any atom is 0.417 e. The van der Waals surface area contributed by atoms with Gasteiger partial charge in [-0.1, -0.05) is 57.2 Å². The molecule has 3 heterocycles. The Morgan fingerprint density at radius 2 is 1.84 bits per heavy atom. The molecule has 0 N–H and O–H groups in total. The van der Waals surface area contributed by atoms with Crippen molar-refractivity contribution in [2.24, 2.45) is 0 Å². The Morgan fingerprint density at radius 1 is 1.06 bits per heavy atom. The van der Waals surface area contributed by atoms with Crippen LogP contribution < -0.4 is 0 Å². The lowest BCUT2D eigenvalue weighted by molar-refractivity contribution is -0.137. The van der Waals surface area contributed by atoms with Crippen LogP contribution in [0.4, 0.5) is 13.2 Å². The number of fused-ring (bicyclic) bond motifs is 2. The molecule has 1 aliphatic carbocycles. The van der Waals surface area contributed by atoms with Gasteiger partial charge in [0.15, 0.2) is 5.65 Å². The van der Waals surface area contributed by atoms with Crippen LogP contribution in [0, 0.1) is 0 Å². The smallest absolute Gasteiger partial charge is 0.297 e. The van der Waals surface area contributed by atoms with Gasteiger partial charge in [0.25, 0.3) is 0 Å². The maximum absolute atomic E-state index is 13.3. The SMILES string of the molecule is CC(C)(C)c1sccc1-c1nc2cc(C(F)(F)F)cnc2n1C1C=Cc2ccccc21. The number of benzene rings is 1. The van der Waals surface area contributed by atoms with Gasteiger partial charge in [0.05, 0.1) is 11.6 Å². The van der Waals surface area contributed by atoms with Crippen molar-refractivity contribution in [1.82, 2.24) is 14.5 Å². The largest absolute Gasteiger partial charge is 0.417 e. The Morgan fingerprint density at radius 3 is 2.58 bits per heavy atom. The molecule has 4 aromatic rings. The first-order chi connectivity index (χ1) is 14.6. The topological polar surface area (TPSA) is 30.7 Å². The van der Waals surface area contributed by atoms with Crippen molar-refractivity contribution in [1.29, 1.82) is 0 Å². The highest BCUT2D eigenvalue weighted by molar-refractivity contribution is 7.10. The third-order valence-electron chi connectivity index (χ3n) is 5.50. The van der Waals surface area contributed by atoms with Crippen molar-refractivity contribution in [3.63, 3.8) is 0 Å². The Balaban J connectivity index is 1.80. The first kappa shape index (κ1) is 20.0. The minimum absolute atomic E-state index is 0.125. The number of hydrogen-bond donors (Lipinski definition) is 0. The van der Waals surface area contributed by atoms with Crippen LogP contribution in [-0.4, -0.2) is 14.5 Å². The summed E-state index contributed by atoms with van der Waals surface area (Å²) in [6, 6.07) is 10.9. The molecular formula is C24H20F3N3S. The molecule has 0 saturated carbocycles. The van der Waals surface area contributed by atoms with Gasteiger partial charge in [-0.05, 0) is 34.1 Å². The van der Waals surface area contributed by atoms with Crippen molar-refractivity contribution in [2.75, 3.05) is 0 Å². The second-order valence-corrected chi connectivity index (χ2v) is 9.63. The lowest BCUT2D eigenvalue weighted by atomic mass is 9.91. The Labute approximate surface area is 181 Å². The summed E-state index contributed by atoms with van der Waals surface area (Å²) in [5, 5.41) is 2.01. The maximum atomic E-state index is 13.3. The third kappa shape index (κ3) is 3.28. The summed E-state index contributed by atoms with van der Waals surface area (Å²) in [4.78, 5) is 10.1. The molecule has 0 radical (unpaired) electrons. The van der Waals surface area contributed by atoms with Crippen LogP contribution in [0.3, 0.4) is 0 Å². The number of alkyl halides is 3. The summed E-state index contributed by atoms with van der Waals surface area (Å²) in [6.45, 7) is 6.38. The molecule has 0 spiro atoms. The number of rotatable bonds is 2. The summed E-state index contributed by atoms with van der Waals surface area (Å²) in [5.74, 6) is 0.638. The van der Waals surface area contributed by atoms with Crippen molar-refractivity contribution in [2.45, 2.75) is 38.4 Å². The van der Waals surface area contributed by atoms with E-state index in [1.807, 2.05) is 46.4 Å². The van der Waals surface area contributed by atoms with Crippen LogP contribution in [-0.2, 0) is 11.6 Å². The first-order valence-electron chi connectivity index (χ1n) is 9.95. The number of pyridine rings is 1. The minimum atomic E-state index is -4.47. The highest BCUT2D eigenvalue weighted by atomic mass is 32.1. The number of aromatic nitrogens is 3. The van der Waals surface area contributed by atoms with E-state index in [1.165, 1.54) is 0 Å². The second-order valence-electron chi connectivity index (χ2n) is 8.72. The van der Waals surface area contributed by atoms with E-state index >= 15 is 0 Å². The quantitative estimate of drug-likeness (QED) is 0.334. The van der Waals surface area contributed by atoms with Crippen molar-refractivity contribution < 1.29 is 13.2 Å². The number of allylic oxidation sites excluding steroid dienone is 1. The van der Waals surface area contributed by atoms with Gasteiger partial charge < -0.3 is 0 Å². The van der Waals surface area contributed by atoms with Crippen molar-refractivity contribution in [3.8, 4) is 11.4 Å². The van der Waals surface area contributed by atoms with Crippen LogP contribution in [0.15, 0.2) is 54.1 Å². The Kier molecular flexibility index (Phi) is 4.38. The van der Waals surface area contributed by atoms with E-state index in [0.717, 1.165) is 33.8 Å². The molecule has 0 aliphatic heterocycles. The molecule has 3 nitrogen and oxygen atoms in total. The summed E-state index contributed by atoms with van der Waals surface area (Å²) in [5.41, 5.74) is 2.88. The molecule has 0 saturated heterocycles. The number of nitrogens with zero attached hydrogens (tertiary/aromatic N) is 3. The average Bonchev–Trinajstić information content (AvgIpc) is 3.41. The minimum Gasteiger partial charge on any atom is -0.297 e. The molecule has 1 aliphatic rings. The molecule has 0 amide bonds. The van der Waals surface area contributed by atoms with Crippen LogP contribution in [0.2, 0.25) is 0 Å². The molecule has 0 bridgehead atoms. The lowest BCUT2D eigenvalue weighted by Crippen LogP contribution is -2.13. The molecule has 5 rings (SSSR count). The predicted octanol–water partition coefficient (Wildman–Crippen LogP) is 7.09. The summed E-state index contributed by atoms with van der Waals surface area (Å²) in [7, 11) is 0. The number of hydrogen-bond acceptors (Lipinski definition) is 3. The van der Waals surface area contributed by atoms with E-state index < -0.39 is 11.7 Å². The zero-order chi connectivity index (χ0) is 22.0. The van der Waals surface area contributed by atoms with Gasteiger partial charge >= 0.3 is 6.18 Å². The number of thiophene rings is 1. The predicted molar refractivity (Wildman–Crippen MR) is 118 cm³/mol. The van der Waals surface area contributed by atoms with E-state index in [2.05, 4.69) is 31.8 Å². The van der Waals surface area contributed by atoms with Gasteiger partial charge in [0, 0.05) is 16.6 Å². The van der Waals surface area contributed by atoms with Gasteiger partial charge in [0.1, 0.15) is 11.3 Å². The highest BCUT2D eigenvalue weighted by Gasteiger charge is 2.33. The Bertz CT molecular complexity index is 1320. The standard InChI is InChI=1S/C24H20F3N3S/c1-23(2,3)20-17(10-11-31-20)21-29-18-12-15(24(25,26)27)13-28-22(18)30(21)19-9-8-14-6-4-5-7-16(14)19/h4-13,19H,1-3H3. The third-order valence-corrected chi connectivity index (χ3v) is 6.84. The van der Waals surface area contributed by atoms with Gasteiger partial charge in [-0.3, -0.25) is 4.57 Å². The molecule has 31 heavy (non-hydrogen) atoms. The second kappa shape index (κ2) is 6.79. The van der Waals surface area contributed by atoms with Crippen molar-refractivity contribution >= 4 is 28.6 Å². The van der Waals surface area contributed by atoms with Gasteiger partial charge in [-0.2, -0.15) is 13.2 Å². The van der Waals surface area contributed by atoms with Crippen molar-refractivity contribution in [3.05, 3.63) is 75.6 Å². The molecule has 7 heteroatoms. The average molecular weight is 440 g/mol. The Hall–Kier alpha value is -2.93. The molecule has 158 valence electrons. The van der Waals surface area contributed by atoms with E-state index in [-0.39, 0.29) is 17.0 Å². The van der Waals surface area contributed by atoms with Crippen LogP contribution in [0.5, 0.6) is 0 Å². The number of halogens is 3. The zero-order valence-electron chi connectivity index (χ0n) is 17.2. The summed E-state index contributed by atoms with van der Waals surface area (Å²) >= 11 is 1.63. The van der Waals surface area contributed by atoms with Crippen LogP contribution in [0.1, 0.15) is 48.4 Å². The normalized spacial score (nSPS) is 16.3. The molecule has 0 fully saturated rings. The fraction of sp³-hybridized carbons (Fsp3) is 0.250. The lowest BCUT2D eigenvalue weighted by Gasteiger charge is -2.21. The first-order valence-corrected chi connectivity index (χ1v) is 10.8. The monoisotopic (exact) mass is 439 g/mol. The van der Waals surface area contributed by atoms with Gasteiger partial charge in [-0.15, -0.1) is 11.3 Å². The van der Waals surface area contributed by atoms with E-state index in [9.17, 15) is 13.2 Å². The van der Waals surface area contributed by atoms with Gasteiger partial charge in [-0.25, -0.2) is 9.97 Å². The van der Waals surface area contributed by atoms with E-state index in [4.69, 9.17) is 4.98 Å². The van der Waals surface area contributed by atoms with Gasteiger partial charge in [0.2, 0.25) is 0 Å². The zero-order valence-corrected chi connectivity index (χ0v) is 18.1.